The molecule has 1 aliphatic heterocycles. The van der Waals surface area contributed by atoms with Crippen molar-refractivity contribution in [3.63, 3.8) is 0 Å². The van der Waals surface area contributed by atoms with E-state index in [-0.39, 0.29) is 47.3 Å². The van der Waals surface area contributed by atoms with Gasteiger partial charge in [-0.2, -0.15) is 0 Å². The lowest BCUT2D eigenvalue weighted by molar-refractivity contribution is -0.00532. The fourth-order valence-corrected chi connectivity index (χ4v) is 10.9. The van der Waals surface area contributed by atoms with Crippen molar-refractivity contribution in [2.45, 2.75) is 65.4 Å². The third kappa shape index (κ3) is 5.58. The predicted molar refractivity (Wildman–Crippen MR) is 167 cm³/mol. The number of carbonyl (C=O) groups is 1. The maximum Gasteiger partial charge on any atom is 0.362 e. The lowest BCUT2D eigenvalue weighted by Gasteiger charge is -2.43. The zero-order valence-electron chi connectivity index (χ0n) is 25.0. The maximum absolute atomic E-state index is 12.8. The Balaban J connectivity index is 1.69. The van der Waals surface area contributed by atoms with Gasteiger partial charge in [-0.15, -0.1) is 0 Å². The summed E-state index contributed by atoms with van der Waals surface area (Å²) in [5.41, 5.74) is 1.82. The number of esters is 1. The summed E-state index contributed by atoms with van der Waals surface area (Å²) in [6.45, 7) is 14.1. The monoisotopic (exact) mass is 607 g/mol. The third-order valence-electron chi connectivity index (χ3n) is 7.64. The Bertz CT molecular complexity index is 1490. The average Bonchev–Trinajstić information content (AvgIpc) is 3.38. The third-order valence-corrected chi connectivity index (χ3v) is 13.0. The van der Waals surface area contributed by atoms with Crippen LogP contribution in [0.4, 0.5) is 5.69 Å². The number of anilines is 1. The van der Waals surface area contributed by atoms with E-state index in [4.69, 9.17) is 35.0 Å². The van der Waals surface area contributed by atoms with E-state index in [2.05, 4.69) is 79.4 Å². The fourth-order valence-electron chi connectivity index (χ4n) is 6.01. The second kappa shape index (κ2) is 12.2. The van der Waals surface area contributed by atoms with E-state index in [9.17, 15) is 4.79 Å². The first kappa shape index (κ1) is 30.2. The highest BCUT2D eigenvalue weighted by Gasteiger charge is 2.50. The number of ether oxygens (including phenoxy) is 2. The zero-order valence-corrected chi connectivity index (χ0v) is 26.8. The number of halogens is 1. The van der Waals surface area contributed by atoms with Gasteiger partial charge in [0.2, 0.25) is 11.3 Å². The largest absolute Gasteiger partial charge is 0.461 e. The summed E-state index contributed by atoms with van der Waals surface area (Å²) < 4.78 is 24.1. The molecule has 2 aromatic heterocycles. The molecule has 10 heteroatoms. The molecule has 0 saturated carbocycles. The number of benzene rings is 2. The fraction of sp³-hybridized carbons (Fsp3) is 0.406. The van der Waals surface area contributed by atoms with Crippen molar-refractivity contribution >= 4 is 53.0 Å². The van der Waals surface area contributed by atoms with Crippen molar-refractivity contribution in [3.05, 3.63) is 77.1 Å². The van der Waals surface area contributed by atoms with Gasteiger partial charge in [-0.3, -0.25) is 0 Å². The van der Waals surface area contributed by atoms with Crippen molar-refractivity contribution in [2.24, 2.45) is 0 Å². The van der Waals surface area contributed by atoms with Crippen molar-refractivity contribution in [1.82, 2.24) is 10.1 Å². The standard InChI is InChI=1S/C32H38ClN3O5Si/c1-7-38-31(37)28-27-30(41-35-28)26(33)29(36-18-21(2)40-22(3)19-36)25(34-27)20-39-42(32(4,5)6,23-14-10-8-11-15-23)24-16-12-9-13-17-24/h8-17,21-22H,7,18-20H2,1-6H3. The quantitative estimate of drug-likeness (QED) is 0.185. The minimum atomic E-state index is -2.91. The molecule has 0 N–H and O–H groups in total. The van der Waals surface area contributed by atoms with Gasteiger partial charge in [0, 0.05) is 13.1 Å². The number of rotatable bonds is 8. The molecule has 8 nitrogen and oxygen atoms in total. The Labute approximate surface area is 253 Å². The van der Waals surface area contributed by atoms with E-state index in [0.29, 0.717) is 29.5 Å². The lowest BCUT2D eigenvalue weighted by Crippen LogP contribution is -2.66. The molecule has 5 rings (SSSR count). The van der Waals surface area contributed by atoms with Crippen LogP contribution in [0.15, 0.2) is 65.2 Å². The molecule has 2 unspecified atom stereocenters. The molecule has 2 aromatic carbocycles. The number of morpholine rings is 1. The van der Waals surface area contributed by atoms with Crippen LogP contribution in [0, 0.1) is 0 Å². The Morgan fingerprint density at radius 1 is 1.02 bits per heavy atom. The van der Waals surface area contributed by atoms with E-state index in [0.717, 1.165) is 10.4 Å². The molecule has 3 heterocycles. The van der Waals surface area contributed by atoms with Gasteiger partial charge in [0.05, 0.1) is 36.8 Å². The van der Waals surface area contributed by atoms with Crippen molar-refractivity contribution in [2.75, 3.05) is 24.6 Å². The number of fused-ring (bicyclic) bond motifs is 1. The number of carbonyl (C=O) groups excluding carboxylic acids is 1. The average molecular weight is 608 g/mol. The minimum absolute atomic E-state index is 0.00397. The molecular weight excluding hydrogens is 570 g/mol. The highest BCUT2D eigenvalue weighted by Crippen LogP contribution is 2.41. The highest BCUT2D eigenvalue weighted by atomic mass is 35.5. The Morgan fingerprint density at radius 3 is 2.12 bits per heavy atom. The lowest BCUT2D eigenvalue weighted by atomic mass is 10.1. The van der Waals surface area contributed by atoms with Gasteiger partial charge in [-0.05, 0) is 36.2 Å². The van der Waals surface area contributed by atoms with Crippen LogP contribution < -0.4 is 15.3 Å². The van der Waals surface area contributed by atoms with Crippen LogP contribution in [0.2, 0.25) is 10.1 Å². The molecule has 0 radical (unpaired) electrons. The molecule has 4 aromatic rings. The number of pyridine rings is 1. The molecule has 1 fully saturated rings. The van der Waals surface area contributed by atoms with Crippen LogP contribution in [0.3, 0.4) is 0 Å². The molecule has 0 aliphatic carbocycles. The van der Waals surface area contributed by atoms with Crippen LogP contribution in [0.1, 0.15) is 57.7 Å². The molecular formula is C32H38ClN3O5Si. The summed E-state index contributed by atoms with van der Waals surface area (Å²) in [5.74, 6) is -0.611. The Kier molecular flexibility index (Phi) is 8.75. The molecule has 0 amide bonds. The maximum atomic E-state index is 12.8. The SMILES string of the molecule is CCOC(=O)c1noc2c(Cl)c(N3CC(C)OC(C)C3)c(CO[Si](c3ccccc3)(c3ccccc3)C(C)(C)C)nc12. The summed E-state index contributed by atoms with van der Waals surface area (Å²) >= 11 is 7.09. The number of hydrogen-bond acceptors (Lipinski definition) is 8. The molecule has 42 heavy (non-hydrogen) atoms. The van der Waals surface area contributed by atoms with E-state index in [1.54, 1.807) is 6.92 Å². The van der Waals surface area contributed by atoms with Crippen LogP contribution in [0.25, 0.3) is 11.1 Å². The number of aromatic nitrogens is 2. The van der Waals surface area contributed by atoms with Crippen LogP contribution in [-0.2, 0) is 20.5 Å². The van der Waals surface area contributed by atoms with Gasteiger partial charge in [0.1, 0.15) is 10.5 Å². The molecule has 2 atom stereocenters. The first-order chi connectivity index (χ1) is 20.1. The van der Waals surface area contributed by atoms with E-state index < -0.39 is 14.3 Å². The van der Waals surface area contributed by atoms with Crippen LogP contribution in [-0.4, -0.2) is 56.3 Å². The highest BCUT2D eigenvalue weighted by molar-refractivity contribution is 6.99. The van der Waals surface area contributed by atoms with Gasteiger partial charge in [0.25, 0.3) is 8.32 Å². The molecule has 0 spiro atoms. The van der Waals surface area contributed by atoms with Gasteiger partial charge >= 0.3 is 5.97 Å². The van der Waals surface area contributed by atoms with E-state index in [1.165, 1.54) is 0 Å². The molecule has 222 valence electrons. The van der Waals surface area contributed by atoms with Gasteiger partial charge < -0.3 is 23.3 Å². The summed E-state index contributed by atoms with van der Waals surface area (Å²) in [6, 6.07) is 20.9. The summed E-state index contributed by atoms with van der Waals surface area (Å²) in [6.07, 6.45) is -0.0356. The summed E-state index contributed by atoms with van der Waals surface area (Å²) in [4.78, 5) is 19.9. The van der Waals surface area contributed by atoms with E-state index in [1.807, 2.05) is 26.0 Å². The Hall–Kier alpha value is -3.24. The second-order valence-corrected chi connectivity index (χ2v) is 16.4. The number of hydrogen-bond donors (Lipinski definition) is 0. The minimum Gasteiger partial charge on any atom is -0.461 e. The summed E-state index contributed by atoms with van der Waals surface area (Å²) in [7, 11) is -2.91. The Morgan fingerprint density at radius 2 is 1.60 bits per heavy atom. The molecule has 0 bridgehead atoms. The smallest absolute Gasteiger partial charge is 0.362 e. The van der Waals surface area contributed by atoms with Crippen molar-refractivity contribution in [1.29, 1.82) is 0 Å². The zero-order chi connectivity index (χ0) is 30.1. The van der Waals surface area contributed by atoms with Gasteiger partial charge in [0.15, 0.2) is 0 Å². The van der Waals surface area contributed by atoms with Crippen molar-refractivity contribution in [3.8, 4) is 0 Å². The number of nitrogens with zero attached hydrogens (tertiary/aromatic N) is 3. The molecule has 1 aliphatic rings. The predicted octanol–water partition coefficient (Wildman–Crippen LogP) is 5.74. The van der Waals surface area contributed by atoms with Crippen LogP contribution in [0.5, 0.6) is 0 Å². The summed E-state index contributed by atoms with van der Waals surface area (Å²) in [5, 5.41) is 6.42. The first-order valence-corrected chi connectivity index (χ1v) is 16.7. The first-order valence-electron chi connectivity index (χ1n) is 14.4. The molecule has 1 saturated heterocycles. The topological polar surface area (TPSA) is 86.9 Å². The van der Waals surface area contributed by atoms with Crippen molar-refractivity contribution < 1.29 is 23.2 Å². The second-order valence-electron chi connectivity index (χ2n) is 11.8. The van der Waals surface area contributed by atoms with E-state index >= 15 is 0 Å². The van der Waals surface area contributed by atoms with Crippen LogP contribution >= 0.6 is 11.6 Å². The normalized spacial score (nSPS) is 17.9. The van der Waals surface area contributed by atoms with Gasteiger partial charge in [-0.1, -0.05) is 98.2 Å². The van der Waals surface area contributed by atoms with Gasteiger partial charge in [-0.25, -0.2) is 9.78 Å².